The van der Waals surface area contributed by atoms with Crippen molar-refractivity contribution in [3.8, 4) is 0 Å². The second-order valence-electron chi connectivity index (χ2n) is 5.10. The van der Waals surface area contributed by atoms with Crippen LogP contribution in [0.3, 0.4) is 0 Å². The number of Topliss-reactive ketones (excluding diaryl/α,β-unsaturated/α-hetero) is 1. The summed E-state index contributed by atoms with van der Waals surface area (Å²) in [5.41, 5.74) is 0.510. The Kier molecular flexibility index (Phi) is 5.00. The van der Waals surface area contributed by atoms with Crippen LogP contribution in [-0.4, -0.2) is 37.7 Å². The quantitative estimate of drug-likeness (QED) is 0.832. The predicted molar refractivity (Wildman–Crippen MR) is 80.2 cm³/mol. The molecule has 1 unspecified atom stereocenters. The van der Waals surface area contributed by atoms with Gasteiger partial charge >= 0.3 is 0 Å². The summed E-state index contributed by atoms with van der Waals surface area (Å²) in [5, 5.41) is 3.21. The van der Waals surface area contributed by atoms with Crippen molar-refractivity contribution in [1.82, 2.24) is 5.32 Å². The molecule has 0 saturated carbocycles. The Bertz CT molecular complexity index is 639. The minimum Gasteiger partial charge on any atom is -0.352 e. The van der Waals surface area contributed by atoms with Crippen LogP contribution in [0.5, 0.6) is 0 Å². The zero-order valence-corrected chi connectivity index (χ0v) is 12.9. The molecule has 5 nitrogen and oxygen atoms in total. The first kappa shape index (κ1) is 16.0. The van der Waals surface area contributed by atoms with Crippen molar-refractivity contribution < 1.29 is 18.0 Å². The lowest BCUT2D eigenvalue weighted by Gasteiger charge is -2.10. The number of halogens is 1. The van der Waals surface area contributed by atoms with Crippen molar-refractivity contribution in [3.63, 3.8) is 0 Å². The lowest BCUT2D eigenvalue weighted by atomic mass is 10.1. The minimum absolute atomic E-state index is 0.0100. The van der Waals surface area contributed by atoms with Crippen LogP contribution in [0.15, 0.2) is 24.3 Å². The van der Waals surface area contributed by atoms with Gasteiger partial charge in [-0.15, -0.1) is 0 Å². The molecule has 0 bridgehead atoms. The molecule has 0 aliphatic carbocycles. The van der Waals surface area contributed by atoms with Crippen LogP contribution in [0, 0.1) is 0 Å². The van der Waals surface area contributed by atoms with Crippen LogP contribution in [0.4, 0.5) is 0 Å². The fourth-order valence-electron chi connectivity index (χ4n) is 2.22. The fraction of sp³-hybridized carbons (Fsp3) is 0.429. The summed E-state index contributed by atoms with van der Waals surface area (Å²) in [6.07, 6.45) is 0.587. The van der Waals surface area contributed by atoms with E-state index in [1.807, 2.05) is 0 Å². The second-order valence-corrected chi connectivity index (χ2v) is 7.76. The number of nitrogens with one attached hydrogen (secondary N) is 1. The summed E-state index contributed by atoms with van der Waals surface area (Å²) in [5.74, 6) is -0.328. The average molecular weight is 330 g/mol. The first-order chi connectivity index (χ1) is 9.85. The third kappa shape index (κ3) is 4.82. The molecule has 21 heavy (non-hydrogen) atoms. The third-order valence-corrected chi connectivity index (χ3v) is 5.36. The monoisotopic (exact) mass is 329 g/mol. The standard InChI is InChI=1S/C14H16ClNO4S/c15-11-3-1-10(2-4-11)13(17)5-6-14(18)16-12-7-8-21(19,20)9-12/h1-4,12H,5-9H2,(H,16,18). The summed E-state index contributed by atoms with van der Waals surface area (Å²) in [6.45, 7) is 0. The molecule has 1 aliphatic rings. The van der Waals surface area contributed by atoms with E-state index in [0.29, 0.717) is 17.0 Å². The maximum Gasteiger partial charge on any atom is 0.220 e. The Morgan fingerprint density at radius 2 is 1.86 bits per heavy atom. The SMILES string of the molecule is O=C(CCC(=O)c1ccc(Cl)cc1)NC1CCS(=O)(=O)C1. The molecular weight excluding hydrogens is 314 g/mol. The molecule has 1 aromatic carbocycles. The molecule has 2 rings (SSSR count). The largest absolute Gasteiger partial charge is 0.352 e. The van der Waals surface area contributed by atoms with Crippen LogP contribution >= 0.6 is 11.6 Å². The van der Waals surface area contributed by atoms with E-state index in [4.69, 9.17) is 11.6 Å². The minimum atomic E-state index is -3.01. The maximum atomic E-state index is 11.9. The summed E-state index contributed by atoms with van der Waals surface area (Å²) in [4.78, 5) is 23.6. The first-order valence-corrected chi connectivity index (χ1v) is 8.84. The highest BCUT2D eigenvalue weighted by Crippen LogP contribution is 2.13. The second kappa shape index (κ2) is 6.58. The molecule has 1 N–H and O–H groups in total. The van der Waals surface area contributed by atoms with Crippen molar-refractivity contribution in [3.05, 3.63) is 34.9 Å². The highest BCUT2D eigenvalue weighted by atomic mass is 35.5. The number of rotatable bonds is 5. The first-order valence-electron chi connectivity index (χ1n) is 6.64. The number of benzene rings is 1. The van der Waals surface area contributed by atoms with E-state index in [1.54, 1.807) is 24.3 Å². The Morgan fingerprint density at radius 1 is 1.19 bits per heavy atom. The maximum absolute atomic E-state index is 11.9. The summed E-state index contributed by atoms with van der Waals surface area (Å²) in [7, 11) is -3.01. The van der Waals surface area contributed by atoms with Gasteiger partial charge in [0.15, 0.2) is 15.6 Å². The third-order valence-electron chi connectivity index (χ3n) is 3.34. The van der Waals surface area contributed by atoms with E-state index in [-0.39, 0.29) is 42.1 Å². The van der Waals surface area contributed by atoms with Crippen molar-refractivity contribution >= 4 is 33.1 Å². The molecular formula is C14H16ClNO4S. The zero-order chi connectivity index (χ0) is 15.5. The molecule has 0 aromatic heterocycles. The lowest BCUT2D eigenvalue weighted by molar-refractivity contribution is -0.121. The van der Waals surface area contributed by atoms with Gasteiger partial charge in [0.05, 0.1) is 11.5 Å². The highest BCUT2D eigenvalue weighted by Gasteiger charge is 2.28. The van der Waals surface area contributed by atoms with Gasteiger partial charge in [-0.05, 0) is 30.7 Å². The number of sulfone groups is 1. The predicted octanol–water partition coefficient (Wildman–Crippen LogP) is 1.61. The van der Waals surface area contributed by atoms with E-state index in [9.17, 15) is 18.0 Å². The van der Waals surface area contributed by atoms with Gasteiger partial charge < -0.3 is 5.32 Å². The van der Waals surface area contributed by atoms with Crippen LogP contribution in [0.25, 0.3) is 0 Å². The molecule has 1 saturated heterocycles. The van der Waals surface area contributed by atoms with Gasteiger partial charge in [0, 0.05) is 29.5 Å². The van der Waals surface area contributed by atoms with Crippen molar-refractivity contribution in [1.29, 1.82) is 0 Å². The van der Waals surface area contributed by atoms with Crippen molar-refractivity contribution in [2.45, 2.75) is 25.3 Å². The van der Waals surface area contributed by atoms with Crippen molar-refractivity contribution in [2.24, 2.45) is 0 Å². The van der Waals surface area contributed by atoms with E-state index < -0.39 is 9.84 Å². The van der Waals surface area contributed by atoms with Crippen LogP contribution < -0.4 is 5.32 Å². The van der Waals surface area contributed by atoms with Gasteiger partial charge in [-0.1, -0.05) is 11.6 Å². The smallest absolute Gasteiger partial charge is 0.220 e. The number of carbonyl (C=O) groups excluding carboxylic acids is 2. The van der Waals surface area contributed by atoms with Crippen LogP contribution in [0.2, 0.25) is 5.02 Å². The van der Waals surface area contributed by atoms with Gasteiger partial charge in [-0.3, -0.25) is 9.59 Å². The molecule has 1 atom stereocenters. The normalized spacial score (nSPS) is 20.1. The number of hydrogen-bond donors (Lipinski definition) is 1. The van der Waals surface area contributed by atoms with Gasteiger partial charge in [-0.25, -0.2) is 8.42 Å². The van der Waals surface area contributed by atoms with Gasteiger partial charge in [0.1, 0.15) is 0 Å². The van der Waals surface area contributed by atoms with Gasteiger partial charge in [-0.2, -0.15) is 0 Å². The Balaban J connectivity index is 1.79. The molecule has 7 heteroatoms. The fourth-order valence-corrected chi connectivity index (χ4v) is 4.02. The number of hydrogen-bond acceptors (Lipinski definition) is 4. The lowest BCUT2D eigenvalue weighted by Crippen LogP contribution is -2.35. The molecule has 1 heterocycles. The van der Waals surface area contributed by atoms with E-state index >= 15 is 0 Å². The number of ketones is 1. The van der Waals surface area contributed by atoms with E-state index in [0.717, 1.165) is 0 Å². The summed E-state index contributed by atoms with van der Waals surface area (Å²) < 4.78 is 22.6. The topological polar surface area (TPSA) is 80.3 Å². The van der Waals surface area contributed by atoms with E-state index in [2.05, 4.69) is 5.32 Å². The molecule has 0 spiro atoms. The Hall–Kier alpha value is -1.40. The number of amides is 1. The highest BCUT2D eigenvalue weighted by molar-refractivity contribution is 7.91. The van der Waals surface area contributed by atoms with Gasteiger partial charge in [0.25, 0.3) is 0 Å². The number of carbonyl (C=O) groups is 2. The van der Waals surface area contributed by atoms with Crippen molar-refractivity contribution in [2.75, 3.05) is 11.5 Å². The Labute approximate surface area is 128 Å². The van der Waals surface area contributed by atoms with Crippen LogP contribution in [-0.2, 0) is 14.6 Å². The molecule has 1 aromatic rings. The zero-order valence-electron chi connectivity index (χ0n) is 11.3. The van der Waals surface area contributed by atoms with E-state index in [1.165, 1.54) is 0 Å². The molecule has 1 fully saturated rings. The Morgan fingerprint density at radius 3 is 2.43 bits per heavy atom. The van der Waals surface area contributed by atoms with Gasteiger partial charge in [0.2, 0.25) is 5.91 Å². The van der Waals surface area contributed by atoms with Crippen LogP contribution in [0.1, 0.15) is 29.6 Å². The molecule has 0 radical (unpaired) electrons. The average Bonchev–Trinajstić information content (AvgIpc) is 2.76. The summed E-state index contributed by atoms with van der Waals surface area (Å²) >= 11 is 5.74. The molecule has 114 valence electrons. The molecule has 1 aliphatic heterocycles. The molecule has 1 amide bonds. The summed E-state index contributed by atoms with van der Waals surface area (Å²) in [6, 6.07) is 6.16.